The molecule has 1 aliphatic rings. The molecule has 1 fully saturated rings. The minimum atomic E-state index is -0.131. The van der Waals surface area contributed by atoms with Gasteiger partial charge in [0.05, 0.1) is 14.2 Å². The van der Waals surface area contributed by atoms with Crippen LogP contribution in [-0.4, -0.2) is 32.6 Å². The summed E-state index contributed by atoms with van der Waals surface area (Å²) in [6, 6.07) is 5.12. The summed E-state index contributed by atoms with van der Waals surface area (Å²) in [6.07, 6.45) is 2.16. The van der Waals surface area contributed by atoms with Crippen LogP contribution in [0.25, 0.3) is 0 Å². The Balaban J connectivity index is 2.05. The van der Waals surface area contributed by atoms with E-state index in [0.29, 0.717) is 29.5 Å². The maximum atomic E-state index is 12.1. The molecule has 0 spiro atoms. The van der Waals surface area contributed by atoms with Gasteiger partial charge in [0.2, 0.25) is 0 Å². The molecule has 2 rings (SSSR count). The Morgan fingerprint density at radius 1 is 1.26 bits per heavy atom. The van der Waals surface area contributed by atoms with Gasteiger partial charge < -0.3 is 14.8 Å². The fraction of sp³-hybridized carbons (Fsp3) is 0.500. The Morgan fingerprint density at radius 3 is 2.26 bits per heavy atom. The first-order valence-electron chi connectivity index (χ1n) is 6.20. The van der Waals surface area contributed by atoms with Crippen LogP contribution in [0.15, 0.2) is 18.2 Å². The van der Waals surface area contributed by atoms with E-state index >= 15 is 0 Å². The van der Waals surface area contributed by atoms with Gasteiger partial charge in [-0.25, -0.2) is 0 Å². The molecule has 0 bridgehead atoms. The van der Waals surface area contributed by atoms with E-state index in [2.05, 4.69) is 5.32 Å². The van der Waals surface area contributed by atoms with Crippen molar-refractivity contribution in [2.24, 2.45) is 5.41 Å². The molecule has 1 amide bonds. The standard InChI is InChI=1S/C14H18ClNO3/c1-18-11-5-10(6-12(7-11)19-2)13(17)16-9-14(8-15)3-4-14/h5-7H,3-4,8-9H2,1-2H3,(H,16,17). The van der Waals surface area contributed by atoms with E-state index in [9.17, 15) is 4.79 Å². The molecule has 5 heteroatoms. The van der Waals surface area contributed by atoms with Crippen molar-refractivity contribution < 1.29 is 14.3 Å². The highest BCUT2D eigenvalue weighted by Crippen LogP contribution is 2.45. The lowest BCUT2D eigenvalue weighted by Gasteiger charge is -2.13. The van der Waals surface area contributed by atoms with Crippen LogP contribution < -0.4 is 14.8 Å². The average molecular weight is 284 g/mol. The minimum Gasteiger partial charge on any atom is -0.497 e. The van der Waals surface area contributed by atoms with E-state index in [-0.39, 0.29) is 11.3 Å². The lowest BCUT2D eigenvalue weighted by atomic mass is 10.1. The van der Waals surface area contributed by atoms with E-state index in [0.717, 1.165) is 12.8 Å². The van der Waals surface area contributed by atoms with Gasteiger partial charge in [0, 0.05) is 29.5 Å². The molecular formula is C14H18ClNO3. The van der Waals surface area contributed by atoms with Crippen LogP contribution in [0, 0.1) is 5.41 Å². The lowest BCUT2D eigenvalue weighted by Crippen LogP contribution is -2.31. The molecular weight excluding hydrogens is 266 g/mol. The van der Waals surface area contributed by atoms with Crippen molar-refractivity contribution in [3.8, 4) is 11.5 Å². The number of benzene rings is 1. The molecule has 0 radical (unpaired) electrons. The van der Waals surface area contributed by atoms with Crippen molar-refractivity contribution in [3.05, 3.63) is 23.8 Å². The van der Waals surface area contributed by atoms with Gasteiger partial charge in [-0.3, -0.25) is 4.79 Å². The van der Waals surface area contributed by atoms with Gasteiger partial charge in [-0.15, -0.1) is 11.6 Å². The highest BCUT2D eigenvalue weighted by molar-refractivity contribution is 6.18. The monoisotopic (exact) mass is 283 g/mol. The van der Waals surface area contributed by atoms with Gasteiger partial charge in [0.15, 0.2) is 0 Å². The number of carbonyl (C=O) groups excluding carboxylic acids is 1. The Labute approximate surface area is 118 Å². The van der Waals surface area contributed by atoms with Crippen LogP contribution in [0.3, 0.4) is 0 Å². The van der Waals surface area contributed by atoms with Gasteiger partial charge >= 0.3 is 0 Å². The van der Waals surface area contributed by atoms with Crippen LogP contribution in [0.5, 0.6) is 11.5 Å². The van der Waals surface area contributed by atoms with Crippen molar-refractivity contribution in [1.29, 1.82) is 0 Å². The summed E-state index contributed by atoms with van der Waals surface area (Å²) in [7, 11) is 3.12. The van der Waals surface area contributed by atoms with Crippen molar-refractivity contribution >= 4 is 17.5 Å². The second-order valence-electron chi connectivity index (χ2n) is 4.92. The zero-order valence-corrected chi connectivity index (χ0v) is 11.9. The molecule has 0 aromatic heterocycles. The third-order valence-corrected chi connectivity index (χ3v) is 4.05. The number of ether oxygens (including phenoxy) is 2. The molecule has 1 saturated carbocycles. The van der Waals surface area contributed by atoms with Crippen molar-refractivity contribution in [1.82, 2.24) is 5.32 Å². The summed E-state index contributed by atoms with van der Waals surface area (Å²) in [5.74, 6) is 1.66. The summed E-state index contributed by atoms with van der Waals surface area (Å²) in [5.41, 5.74) is 0.641. The third-order valence-electron chi connectivity index (χ3n) is 3.48. The van der Waals surface area contributed by atoms with E-state index < -0.39 is 0 Å². The van der Waals surface area contributed by atoms with E-state index in [1.54, 1.807) is 32.4 Å². The molecule has 0 aliphatic heterocycles. The van der Waals surface area contributed by atoms with Gasteiger partial charge in [-0.2, -0.15) is 0 Å². The largest absolute Gasteiger partial charge is 0.497 e. The summed E-state index contributed by atoms with van der Waals surface area (Å²) >= 11 is 5.89. The first kappa shape index (κ1) is 14.0. The molecule has 4 nitrogen and oxygen atoms in total. The van der Waals surface area contributed by atoms with Crippen LogP contribution in [0.1, 0.15) is 23.2 Å². The summed E-state index contributed by atoms with van der Waals surface area (Å²) in [4.78, 5) is 12.1. The number of hydrogen-bond acceptors (Lipinski definition) is 3. The first-order chi connectivity index (χ1) is 9.12. The molecule has 0 unspecified atom stereocenters. The molecule has 1 N–H and O–H groups in total. The summed E-state index contributed by atoms with van der Waals surface area (Å²) in [6.45, 7) is 0.620. The second kappa shape index (κ2) is 5.70. The van der Waals surface area contributed by atoms with Crippen LogP contribution in [0.2, 0.25) is 0 Å². The number of hydrogen-bond donors (Lipinski definition) is 1. The second-order valence-corrected chi connectivity index (χ2v) is 5.18. The van der Waals surface area contributed by atoms with E-state index in [1.165, 1.54) is 0 Å². The zero-order chi connectivity index (χ0) is 13.9. The predicted octanol–water partition coefficient (Wildman–Crippen LogP) is 2.45. The fourth-order valence-corrected chi connectivity index (χ4v) is 2.20. The van der Waals surface area contributed by atoms with Crippen molar-refractivity contribution in [3.63, 3.8) is 0 Å². The highest BCUT2D eigenvalue weighted by Gasteiger charge is 2.41. The lowest BCUT2D eigenvalue weighted by molar-refractivity contribution is 0.0945. The molecule has 1 aromatic carbocycles. The number of amides is 1. The maximum Gasteiger partial charge on any atom is 0.251 e. The Kier molecular flexibility index (Phi) is 4.20. The molecule has 0 atom stereocenters. The van der Waals surface area contributed by atoms with Crippen LogP contribution >= 0.6 is 11.6 Å². The van der Waals surface area contributed by atoms with Crippen molar-refractivity contribution in [2.45, 2.75) is 12.8 Å². The minimum absolute atomic E-state index is 0.111. The summed E-state index contributed by atoms with van der Waals surface area (Å²) in [5, 5.41) is 2.92. The normalized spacial score (nSPS) is 15.7. The number of nitrogens with one attached hydrogen (secondary N) is 1. The number of rotatable bonds is 6. The van der Waals surface area contributed by atoms with Gasteiger partial charge in [0.25, 0.3) is 5.91 Å². The fourth-order valence-electron chi connectivity index (χ4n) is 1.84. The quantitative estimate of drug-likeness (QED) is 0.816. The SMILES string of the molecule is COc1cc(OC)cc(C(=O)NCC2(CCl)CC2)c1. The molecule has 104 valence electrons. The Morgan fingerprint density at radius 2 is 1.84 bits per heavy atom. The Hall–Kier alpha value is -1.42. The van der Waals surface area contributed by atoms with E-state index in [1.807, 2.05) is 0 Å². The Bertz CT molecular complexity index is 450. The maximum absolute atomic E-state index is 12.1. The van der Waals surface area contributed by atoms with Gasteiger partial charge in [-0.05, 0) is 25.0 Å². The van der Waals surface area contributed by atoms with Crippen LogP contribution in [0.4, 0.5) is 0 Å². The van der Waals surface area contributed by atoms with E-state index in [4.69, 9.17) is 21.1 Å². The molecule has 1 aliphatic carbocycles. The molecule has 19 heavy (non-hydrogen) atoms. The molecule has 1 aromatic rings. The van der Waals surface area contributed by atoms with Gasteiger partial charge in [0.1, 0.15) is 11.5 Å². The molecule has 0 heterocycles. The number of methoxy groups -OCH3 is 2. The van der Waals surface area contributed by atoms with Crippen molar-refractivity contribution in [2.75, 3.05) is 26.6 Å². The average Bonchev–Trinajstić information content (AvgIpc) is 3.24. The third kappa shape index (κ3) is 3.32. The summed E-state index contributed by atoms with van der Waals surface area (Å²) < 4.78 is 10.3. The smallest absolute Gasteiger partial charge is 0.251 e. The molecule has 0 saturated heterocycles. The highest BCUT2D eigenvalue weighted by atomic mass is 35.5. The first-order valence-corrected chi connectivity index (χ1v) is 6.73. The van der Waals surface area contributed by atoms with Gasteiger partial charge in [-0.1, -0.05) is 0 Å². The number of halogens is 1. The number of carbonyl (C=O) groups is 1. The number of alkyl halides is 1. The van der Waals surface area contributed by atoms with Crippen LogP contribution in [-0.2, 0) is 0 Å². The zero-order valence-electron chi connectivity index (χ0n) is 11.2. The topological polar surface area (TPSA) is 47.6 Å². The predicted molar refractivity (Wildman–Crippen MR) is 74.3 cm³/mol.